The molecule has 0 N–H and O–H groups in total. The van der Waals surface area contributed by atoms with Gasteiger partial charge in [-0.15, -0.1) is 0 Å². The van der Waals surface area contributed by atoms with Crippen LogP contribution in [0.4, 0.5) is 12.9 Å². The molecule has 0 radical (unpaired) electrons. The molecular formula is C14H17BF3-. The van der Waals surface area contributed by atoms with E-state index in [4.69, 9.17) is 0 Å². The van der Waals surface area contributed by atoms with Gasteiger partial charge in [-0.25, -0.2) is 0 Å². The van der Waals surface area contributed by atoms with Gasteiger partial charge in [-0.1, -0.05) is 53.9 Å². The minimum absolute atomic E-state index is 0.0303. The van der Waals surface area contributed by atoms with E-state index >= 15 is 0 Å². The Balaban J connectivity index is 1.71. The maximum Gasteiger partial charge on any atom is 0.484 e. The highest BCUT2D eigenvalue weighted by atomic mass is 19.4. The van der Waals surface area contributed by atoms with E-state index in [1.165, 1.54) is 16.7 Å². The molecule has 0 amide bonds. The second-order valence-corrected chi connectivity index (χ2v) is 6.64. The van der Waals surface area contributed by atoms with E-state index in [-0.39, 0.29) is 5.41 Å². The molecule has 3 saturated carbocycles. The Morgan fingerprint density at radius 2 is 1.50 bits per heavy atom. The van der Waals surface area contributed by atoms with Gasteiger partial charge in [-0.3, -0.25) is 0 Å². The van der Waals surface area contributed by atoms with Gasteiger partial charge in [0, 0.05) is 0 Å². The summed E-state index contributed by atoms with van der Waals surface area (Å²) in [4.78, 5) is 0. The summed E-state index contributed by atoms with van der Waals surface area (Å²) in [6, 6.07) is 6.32. The van der Waals surface area contributed by atoms with Crippen molar-refractivity contribution in [3.05, 3.63) is 34.9 Å². The van der Waals surface area contributed by atoms with Crippen molar-refractivity contribution in [1.29, 1.82) is 0 Å². The molecule has 0 saturated heterocycles. The van der Waals surface area contributed by atoms with Crippen LogP contribution in [0.25, 0.3) is 0 Å². The van der Waals surface area contributed by atoms with Crippen LogP contribution < -0.4 is 0 Å². The zero-order valence-electron chi connectivity index (χ0n) is 10.8. The molecule has 4 heteroatoms. The molecule has 0 nitrogen and oxygen atoms in total. The molecule has 1 aromatic carbocycles. The highest BCUT2D eigenvalue weighted by Crippen LogP contribution is 2.83. The predicted octanol–water partition coefficient (Wildman–Crippen LogP) is 4.62. The monoisotopic (exact) mass is 253 g/mol. The van der Waals surface area contributed by atoms with E-state index in [1.807, 2.05) is 13.8 Å². The fraction of sp³-hybridized carbons (Fsp3) is 0.571. The number of benzene rings is 1. The van der Waals surface area contributed by atoms with Gasteiger partial charge in [0.1, 0.15) is 0 Å². The summed E-state index contributed by atoms with van der Waals surface area (Å²) in [5, 5.41) is -1.25. The lowest BCUT2D eigenvalue weighted by molar-refractivity contribution is -0.111. The van der Waals surface area contributed by atoms with Gasteiger partial charge in [0.05, 0.1) is 0 Å². The molecule has 18 heavy (non-hydrogen) atoms. The first-order valence-corrected chi connectivity index (χ1v) is 6.50. The lowest BCUT2D eigenvalue weighted by Crippen LogP contribution is -2.65. The summed E-state index contributed by atoms with van der Waals surface area (Å²) in [7, 11) is 0. The zero-order valence-corrected chi connectivity index (χ0v) is 10.8. The van der Waals surface area contributed by atoms with E-state index in [0.29, 0.717) is 19.3 Å². The second kappa shape index (κ2) is 3.34. The summed E-state index contributed by atoms with van der Waals surface area (Å²) in [5.41, 5.74) is 3.57. The topological polar surface area (TPSA) is 0 Å². The number of hydrogen-bond acceptors (Lipinski definition) is 0. The van der Waals surface area contributed by atoms with Crippen LogP contribution in [0.1, 0.15) is 36.0 Å². The Morgan fingerprint density at radius 3 is 1.94 bits per heavy atom. The van der Waals surface area contributed by atoms with Crippen LogP contribution in [0.2, 0.25) is 5.31 Å². The number of aryl methyl sites for hydroxylation is 2. The van der Waals surface area contributed by atoms with Crippen molar-refractivity contribution in [3.8, 4) is 0 Å². The van der Waals surface area contributed by atoms with E-state index in [0.717, 1.165) is 6.42 Å². The van der Waals surface area contributed by atoms with Gasteiger partial charge in [0.25, 0.3) is 0 Å². The van der Waals surface area contributed by atoms with E-state index in [1.54, 1.807) is 0 Å². The third kappa shape index (κ3) is 1.61. The smallest absolute Gasteiger partial charge is 0.449 e. The fourth-order valence-corrected chi connectivity index (χ4v) is 4.22. The number of rotatable bonds is 3. The first-order chi connectivity index (χ1) is 8.24. The van der Waals surface area contributed by atoms with Gasteiger partial charge >= 0.3 is 6.98 Å². The van der Waals surface area contributed by atoms with Crippen molar-refractivity contribution in [1.82, 2.24) is 0 Å². The molecule has 0 atom stereocenters. The minimum atomic E-state index is -4.63. The molecular weight excluding hydrogens is 236 g/mol. The molecule has 4 rings (SSSR count). The Bertz CT molecular complexity index is 464. The van der Waals surface area contributed by atoms with Crippen LogP contribution in [0, 0.1) is 19.3 Å². The Morgan fingerprint density at radius 1 is 1.00 bits per heavy atom. The normalized spacial score (nSPS) is 33.8. The van der Waals surface area contributed by atoms with Crippen LogP contribution in [0.15, 0.2) is 18.2 Å². The van der Waals surface area contributed by atoms with Crippen LogP contribution >= 0.6 is 0 Å². The Labute approximate surface area is 106 Å². The average molecular weight is 253 g/mol. The third-order valence-corrected chi connectivity index (χ3v) is 4.74. The van der Waals surface area contributed by atoms with Crippen molar-refractivity contribution in [3.63, 3.8) is 0 Å². The first-order valence-electron chi connectivity index (χ1n) is 6.50. The highest BCUT2D eigenvalue weighted by molar-refractivity contribution is 6.63. The van der Waals surface area contributed by atoms with Crippen LogP contribution in [-0.2, 0) is 6.42 Å². The van der Waals surface area contributed by atoms with Gasteiger partial charge in [0.15, 0.2) is 0 Å². The van der Waals surface area contributed by atoms with Crippen molar-refractivity contribution in [2.45, 2.75) is 44.8 Å². The SMILES string of the molecule is Cc1cc(C)cc(CC23CC([B-](F)(F)F)(C2)C3)c1. The van der Waals surface area contributed by atoms with Gasteiger partial charge in [-0.05, 0) is 31.2 Å². The van der Waals surface area contributed by atoms with Gasteiger partial charge in [-0.2, -0.15) is 0 Å². The average Bonchev–Trinajstić information content (AvgIpc) is 2.04. The third-order valence-electron chi connectivity index (χ3n) is 4.74. The van der Waals surface area contributed by atoms with Crippen molar-refractivity contribution >= 4 is 6.98 Å². The van der Waals surface area contributed by atoms with E-state index in [2.05, 4.69) is 18.2 Å². The van der Waals surface area contributed by atoms with Crippen molar-refractivity contribution in [2.24, 2.45) is 5.41 Å². The quantitative estimate of drug-likeness (QED) is 0.689. The molecule has 0 aromatic heterocycles. The Kier molecular flexibility index (Phi) is 2.25. The van der Waals surface area contributed by atoms with Gasteiger partial charge < -0.3 is 12.9 Å². The molecule has 0 spiro atoms. The largest absolute Gasteiger partial charge is 0.484 e. The summed E-state index contributed by atoms with van der Waals surface area (Å²) in [5.74, 6) is 0. The van der Waals surface area contributed by atoms with Gasteiger partial charge in [0.2, 0.25) is 0 Å². The first kappa shape index (κ1) is 12.1. The summed E-state index contributed by atoms with van der Waals surface area (Å²) in [6.07, 6.45) is 1.94. The van der Waals surface area contributed by atoms with E-state index in [9.17, 15) is 12.9 Å². The zero-order chi connectivity index (χ0) is 13.2. The van der Waals surface area contributed by atoms with Crippen LogP contribution in [0.3, 0.4) is 0 Å². The molecule has 1 aromatic rings. The molecule has 2 bridgehead atoms. The van der Waals surface area contributed by atoms with Crippen LogP contribution in [-0.4, -0.2) is 6.98 Å². The van der Waals surface area contributed by atoms with Crippen molar-refractivity contribution < 1.29 is 12.9 Å². The summed E-state index contributed by atoms with van der Waals surface area (Å²) < 4.78 is 38.5. The molecule has 3 aliphatic rings. The fourth-order valence-electron chi connectivity index (χ4n) is 4.22. The minimum Gasteiger partial charge on any atom is -0.449 e. The molecule has 3 fully saturated rings. The molecule has 0 unspecified atom stereocenters. The molecule has 0 heterocycles. The van der Waals surface area contributed by atoms with E-state index < -0.39 is 12.3 Å². The number of halogens is 3. The highest BCUT2D eigenvalue weighted by Gasteiger charge is 2.73. The lowest BCUT2D eigenvalue weighted by atomic mass is 9.23. The molecule has 0 aliphatic heterocycles. The maximum atomic E-state index is 12.8. The Hall–Kier alpha value is -0.925. The summed E-state index contributed by atoms with van der Waals surface area (Å²) >= 11 is 0. The molecule has 3 aliphatic carbocycles. The predicted molar refractivity (Wildman–Crippen MR) is 67.7 cm³/mol. The van der Waals surface area contributed by atoms with Crippen molar-refractivity contribution in [2.75, 3.05) is 0 Å². The second-order valence-electron chi connectivity index (χ2n) is 6.64. The number of hydrogen-bond donors (Lipinski definition) is 0. The van der Waals surface area contributed by atoms with Crippen LogP contribution in [0.5, 0.6) is 0 Å². The lowest BCUT2D eigenvalue weighted by Gasteiger charge is -2.75. The maximum absolute atomic E-state index is 12.8. The molecule has 98 valence electrons. The standard InChI is InChI=1S/C14H17BF3/c1-10-3-11(2)5-12(4-10)6-13-7-14(8-13,9-13)15(16,17)18/h3-5H,6-9H2,1-2H3/q-1. The summed E-state index contributed by atoms with van der Waals surface area (Å²) in [6.45, 7) is -0.551.